The Labute approximate surface area is 151 Å². The normalized spacial score (nSPS) is 11.7. The SMILES string of the molecule is CC(=NN=C(N)N)c1sc(N/N=C/c2ccc(I)cc2)nc1C. The van der Waals surface area contributed by atoms with Crippen LogP contribution in [0.3, 0.4) is 0 Å². The Morgan fingerprint density at radius 3 is 2.61 bits per heavy atom. The van der Waals surface area contributed by atoms with Crippen molar-refractivity contribution in [2.24, 2.45) is 26.8 Å². The number of hydrazone groups is 1. The van der Waals surface area contributed by atoms with Crippen molar-refractivity contribution >= 4 is 56.9 Å². The highest BCUT2D eigenvalue weighted by Crippen LogP contribution is 2.23. The molecule has 2 aromatic rings. The molecule has 0 bridgehead atoms. The molecule has 0 radical (unpaired) electrons. The van der Waals surface area contributed by atoms with Crippen LogP contribution in [0, 0.1) is 10.5 Å². The molecule has 0 aliphatic rings. The van der Waals surface area contributed by atoms with Gasteiger partial charge in [-0.3, -0.25) is 5.43 Å². The van der Waals surface area contributed by atoms with Crippen molar-refractivity contribution in [1.82, 2.24) is 4.98 Å². The predicted molar refractivity (Wildman–Crippen MR) is 105 cm³/mol. The van der Waals surface area contributed by atoms with E-state index in [1.54, 1.807) is 6.21 Å². The van der Waals surface area contributed by atoms with Gasteiger partial charge in [0.2, 0.25) is 11.1 Å². The van der Waals surface area contributed by atoms with Crippen LogP contribution < -0.4 is 16.9 Å². The third-order valence-electron chi connectivity index (χ3n) is 2.68. The molecule has 0 spiro atoms. The second-order valence-electron chi connectivity index (χ2n) is 4.57. The van der Waals surface area contributed by atoms with Gasteiger partial charge in [0.25, 0.3) is 0 Å². The summed E-state index contributed by atoms with van der Waals surface area (Å²) in [6.45, 7) is 3.72. The summed E-state index contributed by atoms with van der Waals surface area (Å²) in [5, 5.41) is 12.5. The van der Waals surface area contributed by atoms with Crippen molar-refractivity contribution in [2.45, 2.75) is 13.8 Å². The van der Waals surface area contributed by atoms with Crippen LogP contribution >= 0.6 is 33.9 Å². The summed E-state index contributed by atoms with van der Waals surface area (Å²) in [7, 11) is 0. The maximum absolute atomic E-state index is 5.27. The highest BCUT2D eigenvalue weighted by Gasteiger charge is 2.09. The van der Waals surface area contributed by atoms with Crippen molar-refractivity contribution in [3.05, 3.63) is 44.0 Å². The van der Waals surface area contributed by atoms with Crippen LogP contribution in [0.1, 0.15) is 23.1 Å². The zero-order chi connectivity index (χ0) is 16.8. The third-order valence-corrected chi connectivity index (χ3v) is 4.57. The number of nitrogens with zero attached hydrogens (tertiary/aromatic N) is 4. The molecule has 0 saturated carbocycles. The van der Waals surface area contributed by atoms with Crippen LogP contribution in [0.2, 0.25) is 0 Å². The van der Waals surface area contributed by atoms with Gasteiger partial charge in [0, 0.05) is 3.57 Å². The Balaban J connectivity index is 2.07. The first kappa shape index (κ1) is 17.3. The Kier molecular flexibility index (Phi) is 6.04. The molecule has 1 heterocycles. The molecule has 1 aromatic heterocycles. The number of thiazole rings is 1. The van der Waals surface area contributed by atoms with Crippen LogP contribution in [0.5, 0.6) is 0 Å². The number of guanidine groups is 1. The largest absolute Gasteiger partial charge is 0.369 e. The summed E-state index contributed by atoms with van der Waals surface area (Å²) in [4.78, 5) is 5.31. The van der Waals surface area contributed by atoms with Gasteiger partial charge in [0.15, 0.2) is 0 Å². The van der Waals surface area contributed by atoms with Gasteiger partial charge in [-0.05, 0) is 54.1 Å². The lowest BCUT2D eigenvalue weighted by Gasteiger charge is -1.95. The molecule has 23 heavy (non-hydrogen) atoms. The predicted octanol–water partition coefficient (Wildman–Crippen LogP) is 2.50. The lowest BCUT2D eigenvalue weighted by molar-refractivity contribution is 1.18. The summed E-state index contributed by atoms with van der Waals surface area (Å²) in [6, 6.07) is 8.04. The minimum Gasteiger partial charge on any atom is -0.369 e. The Hall–Kier alpha value is -2.01. The fourth-order valence-corrected chi connectivity index (χ4v) is 2.88. The molecule has 5 N–H and O–H groups in total. The van der Waals surface area contributed by atoms with Gasteiger partial charge in [0.1, 0.15) is 0 Å². The zero-order valence-electron chi connectivity index (χ0n) is 12.6. The number of halogens is 1. The molecule has 0 aliphatic heterocycles. The van der Waals surface area contributed by atoms with E-state index in [1.807, 2.05) is 38.1 Å². The van der Waals surface area contributed by atoms with Crippen molar-refractivity contribution in [1.29, 1.82) is 0 Å². The fourth-order valence-electron chi connectivity index (χ4n) is 1.67. The van der Waals surface area contributed by atoms with Crippen LogP contribution in [0.15, 0.2) is 39.6 Å². The molecule has 0 unspecified atom stereocenters. The first-order valence-corrected chi connectivity index (χ1v) is 8.51. The topological polar surface area (TPSA) is 114 Å². The zero-order valence-corrected chi connectivity index (χ0v) is 15.6. The Morgan fingerprint density at radius 1 is 1.26 bits per heavy atom. The van der Waals surface area contributed by atoms with Crippen LogP contribution in [0.25, 0.3) is 0 Å². The molecular formula is C14H16IN7S. The number of hydrogen-bond acceptors (Lipinski definition) is 6. The number of aromatic nitrogens is 1. The summed E-state index contributed by atoms with van der Waals surface area (Å²) in [5.41, 5.74) is 16.0. The highest BCUT2D eigenvalue weighted by atomic mass is 127. The summed E-state index contributed by atoms with van der Waals surface area (Å²) >= 11 is 3.70. The molecule has 0 aliphatic carbocycles. The van der Waals surface area contributed by atoms with Crippen molar-refractivity contribution in [2.75, 3.05) is 5.43 Å². The summed E-state index contributed by atoms with van der Waals surface area (Å²) in [5.74, 6) is -0.0769. The molecular weight excluding hydrogens is 425 g/mol. The molecule has 1 aromatic carbocycles. The number of anilines is 1. The number of benzene rings is 1. The van der Waals surface area contributed by atoms with E-state index in [-0.39, 0.29) is 5.96 Å². The average Bonchev–Trinajstić information content (AvgIpc) is 2.88. The molecule has 0 atom stereocenters. The molecule has 7 nitrogen and oxygen atoms in total. The van der Waals surface area contributed by atoms with Gasteiger partial charge >= 0.3 is 0 Å². The van der Waals surface area contributed by atoms with Gasteiger partial charge in [-0.15, -0.1) is 5.10 Å². The van der Waals surface area contributed by atoms with E-state index < -0.39 is 0 Å². The fraction of sp³-hybridized carbons (Fsp3) is 0.143. The first-order chi connectivity index (χ1) is 11.0. The minimum atomic E-state index is -0.0769. The highest BCUT2D eigenvalue weighted by molar-refractivity contribution is 14.1. The van der Waals surface area contributed by atoms with E-state index in [0.29, 0.717) is 10.8 Å². The van der Waals surface area contributed by atoms with E-state index in [0.717, 1.165) is 16.1 Å². The average molecular weight is 441 g/mol. The van der Waals surface area contributed by atoms with Gasteiger partial charge in [-0.2, -0.15) is 10.2 Å². The first-order valence-electron chi connectivity index (χ1n) is 6.61. The Bertz CT molecular complexity index is 758. The quantitative estimate of drug-likeness (QED) is 0.286. The van der Waals surface area contributed by atoms with Gasteiger partial charge in [-0.1, -0.05) is 23.5 Å². The number of aryl methyl sites for hydroxylation is 1. The second-order valence-corrected chi connectivity index (χ2v) is 6.81. The molecule has 0 amide bonds. The minimum absolute atomic E-state index is 0.0769. The smallest absolute Gasteiger partial charge is 0.211 e. The van der Waals surface area contributed by atoms with E-state index in [2.05, 4.69) is 48.3 Å². The number of nitrogens with one attached hydrogen (secondary N) is 1. The summed E-state index contributed by atoms with van der Waals surface area (Å²) in [6.07, 6.45) is 1.74. The number of hydrogen-bond donors (Lipinski definition) is 3. The number of nitrogens with two attached hydrogens (primary N) is 2. The molecule has 120 valence electrons. The lowest BCUT2D eigenvalue weighted by atomic mass is 10.2. The monoisotopic (exact) mass is 441 g/mol. The van der Waals surface area contributed by atoms with E-state index >= 15 is 0 Å². The lowest BCUT2D eigenvalue weighted by Crippen LogP contribution is -2.22. The summed E-state index contributed by atoms with van der Waals surface area (Å²) < 4.78 is 1.18. The molecule has 2 rings (SSSR count). The van der Waals surface area contributed by atoms with Crippen LogP contribution in [-0.2, 0) is 0 Å². The Morgan fingerprint density at radius 2 is 1.96 bits per heavy atom. The third kappa shape index (κ3) is 5.28. The molecule has 0 fully saturated rings. The van der Waals surface area contributed by atoms with E-state index in [1.165, 1.54) is 14.9 Å². The van der Waals surface area contributed by atoms with Gasteiger partial charge in [0.05, 0.1) is 22.5 Å². The van der Waals surface area contributed by atoms with E-state index in [4.69, 9.17) is 11.5 Å². The van der Waals surface area contributed by atoms with Crippen LogP contribution in [-0.4, -0.2) is 22.9 Å². The molecule has 9 heteroatoms. The maximum atomic E-state index is 5.27. The second kappa shape index (κ2) is 8.02. The van der Waals surface area contributed by atoms with Crippen molar-refractivity contribution in [3.63, 3.8) is 0 Å². The van der Waals surface area contributed by atoms with Crippen molar-refractivity contribution in [3.8, 4) is 0 Å². The maximum Gasteiger partial charge on any atom is 0.211 e. The van der Waals surface area contributed by atoms with Gasteiger partial charge < -0.3 is 11.5 Å². The van der Waals surface area contributed by atoms with Crippen LogP contribution in [0.4, 0.5) is 5.13 Å². The number of rotatable bonds is 5. The standard InChI is InChI=1S/C14H16IN7S/c1-8-12(9(2)20-21-13(16)17)23-14(19-8)22-18-7-10-3-5-11(15)6-4-10/h3-7H,1-2H3,(H,19,22)(H4,16,17,21)/b18-7+,20-9?. The molecule has 0 saturated heterocycles. The van der Waals surface area contributed by atoms with Gasteiger partial charge in [-0.25, -0.2) is 4.98 Å². The van der Waals surface area contributed by atoms with E-state index in [9.17, 15) is 0 Å². The van der Waals surface area contributed by atoms with Crippen molar-refractivity contribution < 1.29 is 0 Å².